The van der Waals surface area contributed by atoms with E-state index in [9.17, 15) is 9.59 Å². The lowest BCUT2D eigenvalue weighted by atomic mass is 10.2. The van der Waals surface area contributed by atoms with Gasteiger partial charge in [-0.2, -0.15) is 0 Å². The van der Waals surface area contributed by atoms with Crippen LogP contribution in [0.1, 0.15) is 30.1 Å². The number of aromatic nitrogens is 1. The van der Waals surface area contributed by atoms with Gasteiger partial charge in [0.15, 0.2) is 0 Å². The molecule has 84 valence electrons. The van der Waals surface area contributed by atoms with E-state index in [1.165, 1.54) is 6.08 Å². The second kappa shape index (κ2) is 3.96. The summed E-state index contributed by atoms with van der Waals surface area (Å²) in [6.45, 7) is 1.89. The molecule has 16 heavy (non-hydrogen) atoms. The Morgan fingerprint density at radius 2 is 2.19 bits per heavy atom. The molecule has 1 saturated carbocycles. The summed E-state index contributed by atoms with van der Waals surface area (Å²) in [5.41, 5.74) is 1.26. The lowest BCUT2D eigenvalue weighted by molar-refractivity contribution is -0.131. The normalized spacial score (nSPS) is 15.6. The van der Waals surface area contributed by atoms with Crippen molar-refractivity contribution < 1.29 is 9.90 Å². The molecular weight excluding hydrogens is 206 g/mol. The summed E-state index contributed by atoms with van der Waals surface area (Å²) in [6, 6.07) is 3.82. The van der Waals surface area contributed by atoms with Crippen LogP contribution in [-0.2, 0) is 4.79 Å². The minimum Gasteiger partial charge on any atom is -0.478 e. The summed E-state index contributed by atoms with van der Waals surface area (Å²) in [4.78, 5) is 22.4. The summed E-state index contributed by atoms with van der Waals surface area (Å²) in [5.74, 6) is -1.04. The molecule has 1 aliphatic rings. The fourth-order valence-electron chi connectivity index (χ4n) is 1.74. The van der Waals surface area contributed by atoms with Crippen molar-refractivity contribution >= 4 is 12.0 Å². The van der Waals surface area contributed by atoms with E-state index < -0.39 is 5.97 Å². The number of nitrogens with zero attached hydrogens (tertiary/aromatic N) is 1. The molecule has 0 bridgehead atoms. The number of carbonyl (C=O) groups is 1. The van der Waals surface area contributed by atoms with Crippen molar-refractivity contribution in [1.82, 2.24) is 4.57 Å². The molecule has 1 fully saturated rings. The predicted octanol–water partition coefficient (Wildman–Crippen LogP) is 1.59. The highest BCUT2D eigenvalue weighted by atomic mass is 16.4. The molecule has 0 amide bonds. The number of carboxylic acid groups (broad SMARTS) is 1. The summed E-state index contributed by atoms with van der Waals surface area (Å²) in [5, 5.41) is 8.52. The van der Waals surface area contributed by atoms with E-state index in [0.717, 1.165) is 24.6 Å². The average Bonchev–Trinajstić information content (AvgIpc) is 3.00. The fraction of sp³-hybridized carbons (Fsp3) is 0.333. The molecule has 1 aliphatic carbocycles. The van der Waals surface area contributed by atoms with Gasteiger partial charge in [-0.15, -0.1) is 0 Å². The highest BCUT2D eigenvalue weighted by Crippen LogP contribution is 2.34. The van der Waals surface area contributed by atoms with Crippen LogP contribution in [0.25, 0.3) is 6.08 Å². The quantitative estimate of drug-likeness (QED) is 0.785. The number of hydrogen-bond donors (Lipinski definition) is 1. The molecule has 2 rings (SSSR count). The van der Waals surface area contributed by atoms with E-state index in [4.69, 9.17) is 5.11 Å². The van der Waals surface area contributed by atoms with Crippen molar-refractivity contribution in [3.05, 3.63) is 39.8 Å². The molecule has 0 unspecified atom stereocenters. The van der Waals surface area contributed by atoms with E-state index in [2.05, 4.69) is 0 Å². The third-order valence-corrected chi connectivity index (χ3v) is 2.67. The first-order chi connectivity index (χ1) is 7.59. The lowest BCUT2D eigenvalue weighted by Crippen LogP contribution is -2.23. The molecule has 0 saturated heterocycles. The van der Waals surface area contributed by atoms with Crippen LogP contribution in [0, 0.1) is 6.92 Å². The Kier molecular flexibility index (Phi) is 2.64. The van der Waals surface area contributed by atoms with Gasteiger partial charge in [0.1, 0.15) is 0 Å². The van der Waals surface area contributed by atoms with Gasteiger partial charge in [-0.05, 0) is 38.0 Å². The van der Waals surface area contributed by atoms with Gasteiger partial charge in [0.2, 0.25) is 0 Å². The Morgan fingerprint density at radius 3 is 2.75 bits per heavy atom. The summed E-state index contributed by atoms with van der Waals surface area (Å²) >= 11 is 0. The molecule has 0 aliphatic heterocycles. The second-order valence-electron chi connectivity index (χ2n) is 4.01. The molecule has 1 heterocycles. The largest absolute Gasteiger partial charge is 0.478 e. The highest BCUT2D eigenvalue weighted by molar-refractivity contribution is 5.85. The van der Waals surface area contributed by atoms with Crippen LogP contribution in [0.2, 0.25) is 0 Å². The van der Waals surface area contributed by atoms with Crippen molar-refractivity contribution in [2.24, 2.45) is 0 Å². The zero-order chi connectivity index (χ0) is 11.7. The maximum atomic E-state index is 12.0. The molecule has 0 aromatic carbocycles. The number of aryl methyl sites for hydroxylation is 1. The number of pyridine rings is 1. The topological polar surface area (TPSA) is 59.3 Å². The predicted molar refractivity (Wildman–Crippen MR) is 60.4 cm³/mol. The Balaban J connectivity index is 2.44. The van der Waals surface area contributed by atoms with Crippen molar-refractivity contribution in [3.8, 4) is 0 Å². The highest BCUT2D eigenvalue weighted by Gasteiger charge is 2.26. The Hall–Kier alpha value is -1.84. The van der Waals surface area contributed by atoms with Crippen LogP contribution in [0.3, 0.4) is 0 Å². The van der Waals surface area contributed by atoms with Crippen molar-refractivity contribution in [3.63, 3.8) is 0 Å². The third kappa shape index (κ3) is 2.05. The summed E-state index contributed by atoms with van der Waals surface area (Å²) in [6.07, 6.45) is 4.41. The van der Waals surface area contributed by atoms with Gasteiger partial charge in [-0.25, -0.2) is 4.79 Å². The number of carboxylic acids is 1. The molecule has 4 nitrogen and oxygen atoms in total. The molecule has 1 N–H and O–H groups in total. The van der Waals surface area contributed by atoms with Crippen molar-refractivity contribution in [1.29, 1.82) is 0 Å². The average molecular weight is 219 g/mol. The van der Waals surface area contributed by atoms with E-state index in [0.29, 0.717) is 11.6 Å². The smallest absolute Gasteiger partial charge is 0.328 e. The Morgan fingerprint density at radius 1 is 1.50 bits per heavy atom. The van der Waals surface area contributed by atoms with E-state index >= 15 is 0 Å². The fourth-order valence-corrected chi connectivity index (χ4v) is 1.74. The molecule has 1 aromatic rings. The van der Waals surface area contributed by atoms with Gasteiger partial charge in [-0.3, -0.25) is 4.79 Å². The van der Waals surface area contributed by atoms with Gasteiger partial charge < -0.3 is 9.67 Å². The molecule has 0 radical (unpaired) electrons. The van der Waals surface area contributed by atoms with Gasteiger partial charge in [0.05, 0.1) is 0 Å². The van der Waals surface area contributed by atoms with E-state index in [-0.39, 0.29) is 5.56 Å². The Labute approximate surface area is 92.8 Å². The zero-order valence-corrected chi connectivity index (χ0v) is 9.01. The molecule has 0 spiro atoms. The number of hydrogen-bond acceptors (Lipinski definition) is 2. The zero-order valence-electron chi connectivity index (χ0n) is 9.01. The molecule has 1 aromatic heterocycles. The van der Waals surface area contributed by atoms with Gasteiger partial charge in [-0.1, -0.05) is 0 Å². The van der Waals surface area contributed by atoms with E-state index in [1.807, 2.05) is 13.0 Å². The number of rotatable bonds is 3. The Bertz CT molecular complexity index is 509. The first kappa shape index (κ1) is 10.7. The van der Waals surface area contributed by atoms with Crippen molar-refractivity contribution in [2.75, 3.05) is 0 Å². The van der Waals surface area contributed by atoms with Crippen LogP contribution in [-0.4, -0.2) is 15.6 Å². The number of aliphatic carboxylic acids is 1. The maximum Gasteiger partial charge on any atom is 0.328 e. The second-order valence-corrected chi connectivity index (χ2v) is 4.01. The minimum absolute atomic E-state index is 0.0972. The van der Waals surface area contributed by atoms with Gasteiger partial charge >= 0.3 is 5.97 Å². The summed E-state index contributed by atoms with van der Waals surface area (Å²) in [7, 11) is 0. The molecule has 4 heteroatoms. The van der Waals surface area contributed by atoms with Crippen LogP contribution >= 0.6 is 0 Å². The van der Waals surface area contributed by atoms with Gasteiger partial charge in [0, 0.05) is 23.4 Å². The van der Waals surface area contributed by atoms with Gasteiger partial charge in [0.25, 0.3) is 5.56 Å². The van der Waals surface area contributed by atoms with Crippen LogP contribution < -0.4 is 5.56 Å². The lowest BCUT2D eigenvalue weighted by Gasteiger charge is -2.08. The monoisotopic (exact) mass is 219 g/mol. The summed E-state index contributed by atoms with van der Waals surface area (Å²) < 4.78 is 1.75. The third-order valence-electron chi connectivity index (χ3n) is 2.67. The maximum absolute atomic E-state index is 12.0. The first-order valence-electron chi connectivity index (χ1n) is 5.23. The van der Waals surface area contributed by atoms with Crippen LogP contribution in [0.4, 0.5) is 0 Å². The van der Waals surface area contributed by atoms with Crippen LogP contribution in [0.15, 0.2) is 23.0 Å². The first-order valence-corrected chi connectivity index (χ1v) is 5.23. The SMILES string of the molecule is Cc1ccc(/C=C/C(=O)O)c(=O)n1C1CC1. The molecular formula is C12H13NO3. The minimum atomic E-state index is -1.04. The van der Waals surface area contributed by atoms with E-state index in [1.54, 1.807) is 10.6 Å². The standard InChI is InChI=1S/C12H13NO3/c1-8-2-3-9(4-7-11(14)15)12(16)13(8)10-5-6-10/h2-4,7,10H,5-6H2,1H3,(H,14,15)/b7-4+. The van der Waals surface area contributed by atoms with Crippen LogP contribution in [0.5, 0.6) is 0 Å². The van der Waals surface area contributed by atoms with Crippen molar-refractivity contribution in [2.45, 2.75) is 25.8 Å². The molecule has 0 atom stereocenters.